The number of carbonyl (C=O) groups is 1. The molecule has 0 saturated heterocycles. The number of benzene rings is 1. The number of amides is 1. The molecule has 0 aliphatic carbocycles. The van der Waals surface area contributed by atoms with E-state index in [-0.39, 0.29) is 11.3 Å². The first-order chi connectivity index (χ1) is 9.18. The Hall–Kier alpha value is -2.69. The Morgan fingerprint density at radius 1 is 1.21 bits per heavy atom. The molecule has 2 aromatic rings. The molecule has 0 atom stereocenters. The zero-order valence-electron chi connectivity index (χ0n) is 10.4. The summed E-state index contributed by atoms with van der Waals surface area (Å²) in [5.74, 6) is -0.543. The topological polar surface area (TPSA) is 74.6 Å². The van der Waals surface area contributed by atoms with Crippen LogP contribution in [0.25, 0.3) is 0 Å². The highest BCUT2D eigenvalue weighted by atomic mass is 16.3. The number of hydrogen-bond acceptors (Lipinski definition) is 4. The third-order valence-corrected chi connectivity index (χ3v) is 2.51. The maximum absolute atomic E-state index is 11.8. The molecular weight excluding hydrogens is 242 g/mol. The Labute approximate surface area is 110 Å². The molecule has 0 unspecified atom stereocenters. The van der Waals surface area contributed by atoms with Gasteiger partial charge in [-0.2, -0.15) is 5.10 Å². The summed E-state index contributed by atoms with van der Waals surface area (Å²) in [6.45, 7) is 1.74. The van der Waals surface area contributed by atoms with Crippen molar-refractivity contribution in [3.63, 3.8) is 0 Å². The Balaban J connectivity index is 2.11. The molecule has 2 N–H and O–H groups in total. The molecule has 5 nitrogen and oxygen atoms in total. The normalized spacial score (nSPS) is 11.1. The van der Waals surface area contributed by atoms with E-state index >= 15 is 0 Å². The van der Waals surface area contributed by atoms with Crippen LogP contribution < -0.4 is 5.43 Å². The molecular formula is C14H13N3O2. The van der Waals surface area contributed by atoms with Gasteiger partial charge in [0.05, 0.1) is 17.0 Å². The van der Waals surface area contributed by atoms with E-state index in [1.54, 1.807) is 37.4 Å². The van der Waals surface area contributed by atoms with Crippen molar-refractivity contribution >= 4 is 11.6 Å². The zero-order valence-corrected chi connectivity index (χ0v) is 10.4. The average molecular weight is 255 g/mol. The van der Waals surface area contributed by atoms with Crippen LogP contribution in [0.4, 0.5) is 0 Å². The van der Waals surface area contributed by atoms with Crippen LogP contribution >= 0.6 is 0 Å². The fraction of sp³-hybridized carbons (Fsp3) is 0.0714. The zero-order chi connectivity index (χ0) is 13.7. The molecule has 0 aliphatic rings. The van der Waals surface area contributed by atoms with Gasteiger partial charge in [0.15, 0.2) is 0 Å². The summed E-state index contributed by atoms with van der Waals surface area (Å²) in [4.78, 5) is 15.9. The van der Waals surface area contributed by atoms with Gasteiger partial charge in [-0.3, -0.25) is 9.78 Å². The molecule has 0 radical (unpaired) electrons. The quantitative estimate of drug-likeness (QED) is 0.650. The lowest BCUT2D eigenvalue weighted by atomic mass is 10.2. The maximum Gasteiger partial charge on any atom is 0.275 e. The molecule has 0 aliphatic heterocycles. The van der Waals surface area contributed by atoms with Gasteiger partial charge in [-0.15, -0.1) is 0 Å². The largest absolute Gasteiger partial charge is 0.507 e. The van der Waals surface area contributed by atoms with Crippen molar-refractivity contribution < 1.29 is 9.90 Å². The minimum atomic E-state index is -0.464. The molecule has 2 rings (SSSR count). The van der Waals surface area contributed by atoms with E-state index in [2.05, 4.69) is 15.5 Å². The lowest BCUT2D eigenvalue weighted by molar-refractivity contribution is 0.0952. The SMILES string of the molecule is C/C(=N/NC(=O)c1ccccc1O)c1ccccn1. The fourth-order valence-corrected chi connectivity index (χ4v) is 1.49. The van der Waals surface area contributed by atoms with Crippen molar-refractivity contribution in [2.45, 2.75) is 6.92 Å². The van der Waals surface area contributed by atoms with Crippen LogP contribution in [0.5, 0.6) is 5.75 Å². The highest BCUT2D eigenvalue weighted by Crippen LogP contribution is 2.14. The van der Waals surface area contributed by atoms with E-state index in [0.717, 1.165) is 0 Å². The third kappa shape index (κ3) is 3.16. The summed E-state index contributed by atoms with van der Waals surface area (Å²) in [6, 6.07) is 11.7. The molecule has 1 aromatic carbocycles. The highest BCUT2D eigenvalue weighted by Gasteiger charge is 2.09. The van der Waals surface area contributed by atoms with Crippen molar-refractivity contribution in [1.29, 1.82) is 0 Å². The predicted octanol–water partition coefficient (Wildman–Crippen LogP) is 1.94. The van der Waals surface area contributed by atoms with Crippen molar-refractivity contribution in [2.24, 2.45) is 5.10 Å². The molecule has 0 spiro atoms. The summed E-state index contributed by atoms with van der Waals surface area (Å²) in [6.07, 6.45) is 1.65. The smallest absolute Gasteiger partial charge is 0.275 e. The van der Waals surface area contributed by atoms with Gasteiger partial charge >= 0.3 is 0 Å². The maximum atomic E-state index is 11.8. The van der Waals surface area contributed by atoms with Gasteiger partial charge in [0, 0.05) is 6.20 Å². The van der Waals surface area contributed by atoms with Crippen LogP contribution in [0.3, 0.4) is 0 Å². The lowest BCUT2D eigenvalue weighted by Gasteiger charge is -2.03. The molecule has 0 bridgehead atoms. The number of para-hydroxylation sites is 1. The van der Waals surface area contributed by atoms with E-state index in [0.29, 0.717) is 11.4 Å². The van der Waals surface area contributed by atoms with Crippen LogP contribution in [-0.4, -0.2) is 21.7 Å². The minimum absolute atomic E-state index is 0.0781. The average Bonchev–Trinajstić information content (AvgIpc) is 2.46. The molecule has 1 aromatic heterocycles. The minimum Gasteiger partial charge on any atom is -0.507 e. The van der Waals surface area contributed by atoms with E-state index in [4.69, 9.17) is 0 Å². The van der Waals surface area contributed by atoms with E-state index < -0.39 is 5.91 Å². The number of hydrogen-bond donors (Lipinski definition) is 2. The van der Waals surface area contributed by atoms with Gasteiger partial charge < -0.3 is 5.11 Å². The van der Waals surface area contributed by atoms with Gasteiger partial charge in [-0.1, -0.05) is 18.2 Å². The van der Waals surface area contributed by atoms with Crippen LogP contribution in [0.15, 0.2) is 53.8 Å². The third-order valence-electron chi connectivity index (χ3n) is 2.51. The first kappa shape index (κ1) is 12.8. The molecule has 1 heterocycles. The second kappa shape index (κ2) is 5.77. The summed E-state index contributed by atoms with van der Waals surface area (Å²) in [5, 5.41) is 13.5. The van der Waals surface area contributed by atoms with Crippen LogP contribution in [0, 0.1) is 0 Å². The van der Waals surface area contributed by atoms with Gasteiger partial charge in [0.25, 0.3) is 5.91 Å². The van der Waals surface area contributed by atoms with Crippen molar-refractivity contribution in [3.8, 4) is 5.75 Å². The fourth-order valence-electron chi connectivity index (χ4n) is 1.49. The number of phenolic OH excluding ortho intramolecular Hbond substituents is 1. The molecule has 19 heavy (non-hydrogen) atoms. The number of aromatic nitrogens is 1. The molecule has 5 heteroatoms. The number of nitrogens with one attached hydrogen (secondary N) is 1. The summed E-state index contributed by atoms with van der Waals surface area (Å²) >= 11 is 0. The van der Waals surface area contributed by atoms with Crippen LogP contribution in [0.1, 0.15) is 23.0 Å². The summed E-state index contributed by atoms with van der Waals surface area (Å²) < 4.78 is 0. The first-order valence-electron chi connectivity index (χ1n) is 5.72. The number of rotatable bonds is 3. The molecule has 0 saturated carbocycles. The van der Waals surface area contributed by atoms with Crippen LogP contribution in [0.2, 0.25) is 0 Å². The number of pyridine rings is 1. The second-order valence-electron chi connectivity index (χ2n) is 3.87. The Morgan fingerprint density at radius 2 is 1.95 bits per heavy atom. The van der Waals surface area contributed by atoms with Crippen molar-refractivity contribution in [2.75, 3.05) is 0 Å². The molecule has 96 valence electrons. The summed E-state index contributed by atoms with van der Waals surface area (Å²) in [7, 11) is 0. The van der Waals surface area contributed by atoms with Gasteiger partial charge in [0.1, 0.15) is 5.75 Å². The predicted molar refractivity (Wildman–Crippen MR) is 72.0 cm³/mol. The standard InChI is InChI=1S/C14H13N3O2/c1-10(12-7-4-5-9-15-12)16-17-14(19)11-6-2-3-8-13(11)18/h2-9,18H,1H3,(H,17,19)/b16-10-. The van der Waals surface area contributed by atoms with E-state index in [1.807, 2.05) is 6.07 Å². The van der Waals surface area contributed by atoms with Gasteiger partial charge in [-0.05, 0) is 31.2 Å². The second-order valence-corrected chi connectivity index (χ2v) is 3.87. The van der Waals surface area contributed by atoms with Crippen molar-refractivity contribution in [3.05, 3.63) is 59.9 Å². The van der Waals surface area contributed by atoms with Gasteiger partial charge in [0.2, 0.25) is 0 Å². The lowest BCUT2D eigenvalue weighted by Crippen LogP contribution is -2.19. The van der Waals surface area contributed by atoms with Gasteiger partial charge in [-0.25, -0.2) is 5.43 Å². The molecule has 0 fully saturated rings. The number of hydrazone groups is 1. The monoisotopic (exact) mass is 255 g/mol. The Kier molecular flexibility index (Phi) is 3.87. The molecule has 1 amide bonds. The highest BCUT2D eigenvalue weighted by molar-refractivity contribution is 6.00. The van der Waals surface area contributed by atoms with Crippen LogP contribution in [-0.2, 0) is 0 Å². The van der Waals surface area contributed by atoms with Crippen molar-refractivity contribution in [1.82, 2.24) is 10.4 Å². The number of nitrogens with zero attached hydrogens (tertiary/aromatic N) is 2. The number of carbonyl (C=O) groups excluding carboxylic acids is 1. The van der Waals surface area contributed by atoms with E-state index in [9.17, 15) is 9.90 Å². The van der Waals surface area contributed by atoms with E-state index in [1.165, 1.54) is 12.1 Å². The summed E-state index contributed by atoms with van der Waals surface area (Å²) in [5.41, 5.74) is 3.84. The number of aromatic hydroxyl groups is 1. The Morgan fingerprint density at radius 3 is 2.63 bits per heavy atom. The first-order valence-corrected chi connectivity index (χ1v) is 5.72. The Bertz CT molecular complexity index is 609. The number of phenols is 1.